The number of carbonyl (C=O) groups is 1. The van der Waals surface area contributed by atoms with Crippen molar-refractivity contribution in [3.05, 3.63) is 47.3 Å². The Hall–Kier alpha value is -2.30. The number of ether oxygens (including phenoxy) is 1. The SMILES string of the molecule is COc1ccc(CC(=O)N2CCC[C@H]2c2cc(C)no2)cc1. The summed E-state index contributed by atoms with van der Waals surface area (Å²) in [5.74, 6) is 1.71. The molecule has 1 aromatic heterocycles. The van der Waals surface area contributed by atoms with Gasteiger partial charge in [0.2, 0.25) is 5.91 Å². The topological polar surface area (TPSA) is 55.6 Å². The van der Waals surface area contributed by atoms with Gasteiger partial charge in [0, 0.05) is 12.6 Å². The van der Waals surface area contributed by atoms with Crippen molar-refractivity contribution in [2.45, 2.75) is 32.2 Å². The van der Waals surface area contributed by atoms with Crippen LogP contribution in [0.25, 0.3) is 0 Å². The second-order valence-electron chi connectivity index (χ2n) is 5.64. The van der Waals surface area contributed by atoms with Gasteiger partial charge >= 0.3 is 0 Å². The molecule has 1 fully saturated rings. The highest BCUT2D eigenvalue weighted by Gasteiger charge is 2.32. The van der Waals surface area contributed by atoms with Crippen LogP contribution in [0.3, 0.4) is 0 Å². The molecule has 0 aliphatic carbocycles. The van der Waals surface area contributed by atoms with Crippen molar-refractivity contribution in [2.24, 2.45) is 0 Å². The van der Waals surface area contributed by atoms with Gasteiger partial charge in [0.15, 0.2) is 5.76 Å². The van der Waals surface area contributed by atoms with Crippen molar-refractivity contribution < 1.29 is 14.1 Å². The summed E-state index contributed by atoms with van der Waals surface area (Å²) < 4.78 is 10.5. The summed E-state index contributed by atoms with van der Waals surface area (Å²) >= 11 is 0. The van der Waals surface area contributed by atoms with Gasteiger partial charge in [-0.1, -0.05) is 17.3 Å². The Balaban J connectivity index is 1.70. The van der Waals surface area contributed by atoms with E-state index in [0.29, 0.717) is 6.42 Å². The third kappa shape index (κ3) is 2.98. The van der Waals surface area contributed by atoms with E-state index in [1.54, 1.807) is 7.11 Å². The molecule has 0 bridgehead atoms. The van der Waals surface area contributed by atoms with Gasteiger partial charge in [0.25, 0.3) is 0 Å². The van der Waals surface area contributed by atoms with Gasteiger partial charge in [0.05, 0.1) is 25.3 Å². The summed E-state index contributed by atoms with van der Waals surface area (Å²) in [7, 11) is 1.63. The van der Waals surface area contributed by atoms with Crippen molar-refractivity contribution in [1.82, 2.24) is 10.1 Å². The molecule has 0 N–H and O–H groups in total. The van der Waals surface area contributed by atoms with Crippen LogP contribution >= 0.6 is 0 Å². The van der Waals surface area contributed by atoms with Gasteiger partial charge in [-0.25, -0.2) is 0 Å². The predicted octanol–water partition coefficient (Wildman–Crippen LogP) is 2.90. The normalized spacial score (nSPS) is 17.7. The lowest BCUT2D eigenvalue weighted by molar-refractivity contribution is -0.131. The lowest BCUT2D eigenvalue weighted by Gasteiger charge is -2.22. The zero-order valence-corrected chi connectivity index (χ0v) is 12.9. The van der Waals surface area contributed by atoms with E-state index >= 15 is 0 Å². The number of aromatic nitrogens is 1. The van der Waals surface area contributed by atoms with E-state index in [9.17, 15) is 4.79 Å². The molecule has 116 valence electrons. The maximum absolute atomic E-state index is 12.6. The van der Waals surface area contributed by atoms with Crippen molar-refractivity contribution in [3.63, 3.8) is 0 Å². The van der Waals surface area contributed by atoms with Crippen molar-refractivity contribution in [2.75, 3.05) is 13.7 Å². The summed E-state index contributed by atoms with van der Waals surface area (Å²) in [5, 5.41) is 3.93. The van der Waals surface area contributed by atoms with Crippen LogP contribution in [0.2, 0.25) is 0 Å². The van der Waals surface area contributed by atoms with E-state index in [-0.39, 0.29) is 11.9 Å². The van der Waals surface area contributed by atoms with Gasteiger partial charge in [-0.2, -0.15) is 0 Å². The fourth-order valence-electron chi connectivity index (χ4n) is 2.92. The van der Waals surface area contributed by atoms with E-state index in [2.05, 4.69) is 5.16 Å². The molecule has 1 amide bonds. The van der Waals surface area contributed by atoms with Crippen LogP contribution in [0.5, 0.6) is 5.75 Å². The van der Waals surface area contributed by atoms with Crippen LogP contribution in [-0.2, 0) is 11.2 Å². The minimum absolute atomic E-state index is 0.0203. The standard InChI is InChI=1S/C17H20N2O3/c1-12-10-16(22-18-12)15-4-3-9-19(15)17(20)11-13-5-7-14(21-2)8-6-13/h5-8,10,15H,3-4,9,11H2,1-2H3/t15-/m0/s1. The van der Waals surface area contributed by atoms with E-state index in [4.69, 9.17) is 9.26 Å². The Labute approximate surface area is 129 Å². The van der Waals surface area contributed by atoms with Crippen LogP contribution in [0.4, 0.5) is 0 Å². The molecule has 0 spiro atoms. The van der Waals surface area contributed by atoms with Gasteiger partial charge in [-0.15, -0.1) is 0 Å². The molecule has 1 aliphatic rings. The molecule has 2 aromatic rings. The van der Waals surface area contributed by atoms with Crippen molar-refractivity contribution in [1.29, 1.82) is 0 Å². The maximum atomic E-state index is 12.6. The second kappa shape index (κ2) is 6.22. The average molecular weight is 300 g/mol. The first kappa shape index (κ1) is 14.6. The minimum atomic E-state index is 0.0203. The lowest BCUT2D eigenvalue weighted by Crippen LogP contribution is -2.31. The number of rotatable bonds is 4. The third-order valence-electron chi connectivity index (χ3n) is 4.06. The van der Waals surface area contributed by atoms with Crippen molar-refractivity contribution in [3.8, 4) is 5.75 Å². The molecule has 1 aliphatic heterocycles. The van der Waals surface area contributed by atoms with Gasteiger partial charge in [0.1, 0.15) is 5.75 Å². The van der Waals surface area contributed by atoms with E-state index < -0.39 is 0 Å². The summed E-state index contributed by atoms with van der Waals surface area (Å²) in [5.41, 5.74) is 1.84. The summed E-state index contributed by atoms with van der Waals surface area (Å²) in [6.07, 6.45) is 2.33. The number of amides is 1. The van der Waals surface area contributed by atoms with Gasteiger partial charge < -0.3 is 14.2 Å². The van der Waals surface area contributed by atoms with Crippen LogP contribution in [-0.4, -0.2) is 29.6 Å². The number of benzene rings is 1. The number of nitrogens with zero attached hydrogens (tertiary/aromatic N) is 2. The fourth-order valence-corrected chi connectivity index (χ4v) is 2.92. The Bertz CT molecular complexity index is 648. The number of methoxy groups -OCH3 is 1. The first-order chi connectivity index (χ1) is 10.7. The molecule has 3 rings (SSSR count). The zero-order valence-electron chi connectivity index (χ0n) is 12.9. The molecular weight excluding hydrogens is 280 g/mol. The summed E-state index contributed by atoms with van der Waals surface area (Å²) in [4.78, 5) is 14.5. The molecule has 1 saturated heterocycles. The molecular formula is C17H20N2O3. The molecule has 5 nitrogen and oxygen atoms in total. The Morgan fingerprint density at radius 3 is 2.82 bits per heavy atom. The fraction of sp³-hybridized carbons (Fsp3) is 0.412. The van der Waals surface area contributed by atoms with E-state index in [0.717, 1.165) is 42.2 Å². The Morgan fingerprint density at radius 2 is 2.18 bits per heavy atom. The third-order valence-corrected chi connectivity index (χ3v) is 4.06. The minimum Gasteiger partial charge on any atom is -0.497 e. The maximum Gasteiger partial charge on any atom is 0.227 e. The van der Waals surface area contributed by atoms with Crippen LogP contribution in [0, 0.1) is 6.92 Å². The molecule has 0 saturated carbocycles. The van der Waals surface area contributed by atoms with Crippen LogP contribution in [0.15, 0.2) is 34.9 Å². The smallest absolute Gasteiger partial charge is 0.227 e. The van der Waals surface area contributed by atoms with E-state index in [1.807, 2.05) is 42.2 Å². The largest absolute Gasteiger partial charge is 0.497 e. The highest BCUT2D eigenvalue weighted by molar-refractivity contribution is 5.79. The molecule has 0 radical (unpaired) electrons. The highest BCUT2D eigenvalue weighted by Crippen LogP contribution is 2.32. The second-order valence-corrected chi connectivity index (χ2v) is 5.64. The van der Waals surface area contributed by atoms with E-state index in [1.165, 1.54) is 0 Å². The average Bonchev–Trinajstić information content (AvgIpc) is 3.16. The Morgan fingerprint density at radius 1 is 1.41 bits per heavy atom. The molecule has 22 heavy (non-hydrogen) atoms. The Kier molecular flexibility index (Phi) is 4.13. The van der Waals surface area contributed by atoms with Crippen LogP contribution < -0.4 is 4.74 Å². The summed E-state index contributed by atoms with van der Waals surface area (Å²) in [6.45, 7) is 2.67. The first-order valence-electron chi connectivity index (χ1n) is 7.53. The summed E-state index contributed by atoms with van der Waals surface area (Å²) in [6, 6.07) is 9.56. The number of carbonyl (C=O) groups excluding carboxylic acids is 1. The molecule has 2 heterocycles. The molecule has 1 aromatic carbocycles. The lowest BCUT2D eigenvalue weighted by atomic mass is 10.1. The number of aryl methyl sites for hydroxylation is 1. The zero-order chi connectivity index (χ0) is 15.5. The number of hydrogen-bond acceptors (Lipinski definition) is 4. The first-order valence-corrected chi connectivity index (χ1v) is 7.53. The molecule has 5 heteroatoms. The quantitative estimate of drug-likeness (QED) is 0.871. The van der Waals surface area contributed by atoms with Crippen molar-refractivity contribution >= 4 is 5.91 Å². The molecule has 1 atom stereocenters. The van der Waals surface area contributed by atoms with Gasteiger partial charge in [-0.05, 0) is 37.5 Å². The molecule has 0 unspecified atom stereocenters. The highest BCUT2D eigenvalue weighted by atomic mass is 16.5. The van der Waals surface area contributed by atoms with Gasteiger partial charge in [-0.3, -0.25) is 4.79 Å². The predicted molar refractivity (Wildman–Crippen MR) is 81.6 cm³/mol. The number of likely N-dealkylation sites (tertiary alicyclic amines) is 1. The number of hydrogen-bond donors (Lipinski definition) is 0. The van der Waals surface area contributed by atoms with Crippen LogP contribution in [0.1, 0.15) is 35.9 Å². The monoisotopic (exact) mass is 300 g/mol.